The lowest BCUT2D eigenvalue weighted by atomic mass is 10.3. The summed E-state index contributed by atoms with van der Waals surface area (Å²) in [5, 5.41) is 0. The van der Waals surface area contributed by atoms with E-state index in [9.17, 15) is 0 Å². The van der Waals surface area contributed by atoms with Gasteiger partial charge in [0.25, 0.3) is 0 Å². The largest absolute Gasteiger partial charge is 0.476 e. The van der Waals surface area contributed by atoms with Gasteiger partial charge in [-0.1, -0.05) is 0 Å². The first-order valence-electron chi connectivity index (χ1n) is 6.18. The van der Waals surface area contributed by atoms with Crippen molar-refractivity contribution in [1.29, 1.82) is 0 Å². The van der Waals surface area contributed by atoms with Gasteiger partial charge in [-0.3, -0.25) is 0 Å². The molecule has 0 spiro atoms. The molecule has 0 unspecified atom stereocenters. The van der Waals surface area contributed by atoms with E-state index < -0.39 is 0 Å². The highest BCUT2D eigenvalue weighted by Crippen LogP contribution is 2.23. The van der Waals surface area contributed by atoms with Gasteiger partial charge < -0.3 is 19.9 Å². The summed E-state index contributed by atoms with van der Waals surface area (Å²) in [6, 6.07) is 3.68. The summed E-state index contributed by atoms with van der Waals surface area (Å²) in [4.78, 5) is 10.7. The van der Waals surface area contributed by atoms with Gasteiger partial charge in [-0.2, -0.15) is 4.98 Å². The van der Waals surface area contributed by atoms with Crippen LogP contribution < -0.4 is 15.4 Å². The van der Waals surface area contributed by atoms with Crippen LogP contribution >= 0.6 is 0 Å². The van der Waals surface area contributed by atoms with Crippen LogP contribution in [0.2, 0.25) is 0 Å². The zero-order chi connectivity index (χ0) is 13.8. The second-order valence-electron chi connectivity index (χ2n) is 4.31. The summed E-state index contributed by atoms with van der Waals surface area (Å²) >= 11 is 0. The van der Waals surface area contributed by atoms with Crippen LogP contribution in [0.15, 0.2) is 24.5 Å². The number of nitrogens with two attached hydrogens (primary N) is 1. The summed E-state index contributed by atoms with van der Waals surface area (Å²) in [6.45, 7) is 3.13. The maximum atomic E-state index is 5.81. The Labute approximate surface area is 112 Å². The van der Waals surface area contributed by atoms with Gasteiger partial charge in [0.2, 0.25) is 5.88 Å². The number of aryl methyl sites for hydroxylation is 1. The Morgan fingerprint density at radius 1 is 1.42 bits per heavy atom. The van der Waals surface area contributed by atoms with Crippen LogP contribution in [0.25, 0.3) is 0 Å². The highest BCUT2D eigenvalue weighted by atomic mass is 16.5. The van der Waals surface area contributed by atoms with Crippen LogP contribution in [0, 0.1) is 0 Å². The summed E-state index contributed by atoms with van der Waals surface area (Å²) in [7, 11) is 3.93. The number of anilines is 2. The maximum Gasteiger partial charge on any atom is 0.239 e. The average molecular weight is 261 g/mol. The molecule has 0 aliphatic carbocycles. The third-order valence-electron chi connectivity index (χ3n) is 2.85. The fourth-order valence-electron chi connectivity index (χ4n) is 1.75. The van der Waals surface area contributed by atoms with Crippen LogP contribution in [-0.2, 0) is 13.6 Å². The molecule has 0 fully saturated rings. The van der Waals surface area contributed by atoms with Crippen molar-refractivity contribution in [2.45, 2.75) is 13.5 Å². The van der Waals surface area contributed by atoms with Crippen LogP contribution in [0.1, 0.15) is 12.7 Å². The van der Waals surface area contributed by atoms with E-state index in [2.05, 4.69) is 9.97 Å². The zero-order valence-corrected chi connectivity index (χ0v) is 11.5. The van der Waals surface area contributed by atoms with E-state index in [1.165, 1.54) is 0 Å². The number of aromatic nitrogens is 3. The first-order valence-corrected chi connectivity index (χ1v) is 6.18. The Balaban J connectivity index is 2.17. The quantitative estimate of drug-likeness (QED) is 0.881. The standard InChI is InChI=1S/C13H19N5O/c1-4-19-13-10(14)5-6-11(16-13)18(3)9-12-15-7-8-17(12)2/h5-8H,4,9,14H2,1-3H3. The monoisotopic (exact) mass is 261 g/mol. The molecule has 19 heavy (non-hydrogen) atoms. The van der Waals surface area contributed by atoms with Crippen LogP contribution in [0.5, 0.6) is 5.88 Å². The number of imidazole rings is 1. The summed E-state index contributed by atoms with van der Waals surface area (Å²) in [6.07, 6.45) is 3.70. The van der Waals surface area contributed by atoms with Gasteiger partial charge in [-0.15, -0.1) is 0 Å². The molecular formula is C13H19N5O. The third-order valence-corrected chi connectivity index (χ3v) is 2.85. The molecule has 6 nitrogen and oxygen atoms in total. The Kier molecular flexibility index (Phi) is 3.89. The first kappa shape index (κ1) is 13.2. The smallest absolute Gasteiger partial charge is 0.239 e. The molecule has 0 amide bonds. The zero-order valence-electron chi connectivity index (χ0n) is 11.5. The Bertz CT molecular complexity index is 552. The second kappa shape index (κ2) is 5.60. The molecule has 2 aromatic rings. The molecule has 102 valence electrons. The molecule has 0 radical (unpaired) electrons. The number of nitrogen functional groups attached to an aromatic ring is 1. The van der Waals surface area contributed by atoms with Gasteiger partial charge >= 0.3 is 0 Å². The number of rotatable bonds is 5. The first-order chi connectivity index (χ1) is 9.11. The van der Waals surface area contributed by atoms with Crippen molar-refractivity contribution in [1.82, 2.24) is 14.5 Å². The van der Waals surface area contributed by atoms with Gasteiger partial charge in [0.05, 0.1) is 18.8 Å². The van der Waals surface area contributed by atoms with Crippen molar-refractivity contribution < 1.29 is 4.74 Å². The SMILES string of the molecule is CCOc1nc(N(C)Cc2nccn2C)ccc1N. The topological polar surface area (TPSA) is 69.2 Å². The molecule has 0 saturated carbocycles. The van der Waals surface area contributed by atoms with E-state index in [-0.39, 0.29) is 0 Å². The minimum atomic E-state index is 0.478. The molecule has 0 aromatic carbocycles. The van der Waals surface area contributed by atoms with Crippen LogP contribution in [0.3, 0.4) is 0 Å². The Morgan fingerprint density at radius 3 is 2.84 bits per heavy atom. The molecule has 6 heteroatoms. The molecule has 0 aliphatic heterocycles. The number of pyridine rings is 1. The van der Waals surface area contributed by atoms with E-state index in [1.54, 1.807) is 6.20 Å². The van der Waals surface area contributed by atoms with E-state index in [4.69, 9.17) is 10.5 Å². The molecular weight excluding hydrogens is 242 g/mol. The predicted octanol–water partition coefficient (Wildman–Crippen LogP) is 1.43. The van der Waals surface area contributed by atoms with Crippen LogP contribution in [0.4, 0.5) is 11.5 Å². The molecule has 0 aliphatic rings. The van der Waals surface area contributed by atoms with Crippen molar-refractivity contribution in [3.05, 3.63) is 30.4 Å². The van der Waals surface area contributed by atoms with E-state index in [0.29, 0.717) is 24.7 Å². The van der Waals surface area contributed by atoms with Gasteiger partial charge in [-0.25, -0.2) is 4.98 Å². The van der Waals surface area contributed by atoms with Crippen LogP contribution in [-0.4, -0.2) is 28.2 Å². The lowest BCUT2D eigenvalue weighted by Gasteiger charge is -2.19. The van der Waals surface area contributed by atoms with Gasteiger partial charge in [0.1, 0.15) is 11.6 Å². The molecule has 2 rings (SSSR count). The Hall–Kier alpha value is -2.24. The fourth-order valence-corrected chi connectivity index (χ4v) is 1.75. The fraction of sp³-hybridized carbons (Fsp3) is 0.385. The molecule has 0 saturated heterocycles. The Morgan fingerprint density at radius 2 is 2.21 bits per heavy atom. The highest BCUT2D eigenvalue weighted by Gasteiger charge is 2.10. The average Bonchev–Trinajstić information content (AvgIpc) is 2.78. The van der Waals surface area contributed by atoms with Crippen molar-refractivity contribution in [3.8, 4) is 5.88 Å². The second-order valence-corrected chi connectivity index (χ2v) is 4.31. The number of ether oxygens (including phenoxy) is 1. The molecule has 0 bridgehead atoms. The highest BCUT2D eigenvalue weighted by molar-refractivity contribution is 5.54. The van der Waals surface area contributed by atoms with Gasteiger partial charge in [0, 0.05) is 26.5 Å². The third kappa shape index (κ3) is 2.96. The number of hydrogen-bond donors (Lipinski definition) is 1. The maximum absolute atomic E-state index is 5.81. The van der Waals surface area contributed by atoms with E-state index in [1.807, 2.05) is 48.8 Å². The molecule has 0 atom stereocenters. The van der Waals surface area contributed by atoms with Gasteiger partial charge in [-0.05, 0) is 19.1 Å². The van der Waals surface area contributed by atoms with Gasteiger partial charge in [0.15, 0.2) is 0 Å². The lowest BCUT2D eigenvalue weighted by molar-refractivity contribution is 0.329. The lowest BCUT2D eigenvalue weighted by Crippen LogP contribution is -2.20. The summed E-state index contributed by atoms with van der Waals surface area (Å²) in [5.74, 6) is 2.26. The normalized spacial score (nSPS) is 10.5. The number of hydrogen-bond acceptors (Lipinski definition) is 5. The molecule has 2 heterocycles. The molecule has 2 aromatic heterocycles. The predicted molar refractivity (Wildman–Crippen MR) is 75.1 cm³/mol. The van der Waals surface area contributed by atoms with E-state index in [0.717, 1.165) is 11.6 Å². The minimum Gasteiger partial charge on any atom is -0.476 e. The minimum absolute atomic E-state index is 0.478. The van der Waals surface area contributed by atoms with Crippen molar-refractivity contribution in [2.75, 3.05) is 24.3 Å². The summed E-state index contributed by atoms with van der Waals surface area (Å²) in [5.41, 5.74) is 6.37. The van der Waals surface area contributed by atoms with Crippen molar-refractivity contribution in [2.24, 2.45) is 7.05 Å². The summed E-state index contributed by atoms with van der Waals surface area (Å²) < 4.78 is 7.39. The van der Waals surface area contributed by atoms with E-state index >= 15 is 0 Å². The van der Waals surface area contributed by atoms with Crippen molar-refractivity contribution >= 4 is 11.5 Å². The van der Waals surface area contributed by atoms with Crippen molar-refractivity contribution in [3.63, 3.8) is 0 Å². The number of nitrogens with zero attached hydrogens (tertiary/aromatic N) is 4. The molecule has 2 N–H and O–H groups in total.